The van der Waals surface area contributed by atoms with Gasteiger partial charge in [0.15, 0.2) is 5.96 Å². The van der Waals surface area contributed by atoms with E-state index in [4.69, 9.17) is 4.74 Å². The van der Waals surface area contributed by atoms with Gasteiger partial charge < -0.3 is 15.4 Å². The van der Waals surface area contributed by atoms with E-state index in [-0.39, 0.29) is 0 Å². The van der Waals surface area contributed by atoms with Crippen LogP contribution in [-0.4, -0.2) is 43.0 Å². The van der Waals surface area contributed by atoms with Crippen molar-refractivity contribution in [3.8, 4) is 0 Å². The zero-order valence-corrected chi connectivity index (χ0v) is 17.5. The number of aliphatic imine (C=N–C) groups is 1. The second-order valence-electron chi connectivity index (χ2n) is 6.84. The van der Waals surface area contributed by atoms with Gasteiger partial charge in [0.05, 0.1) is 18.8 Å². The number of aryl methyl sites for hydroxylation is 1. The van der Waals surface area contributed by atoms with Gasteiger partial charge in [0.1, 0.15) is 0 Å². The number of methoxy groups -OCH3 is 1. The summed E-state index contributed by atoms with van der Waals surface area (Å²) < 4.78 is 7.17. The van der Waals surface area contributed by atoms with Gasteiger partial charge in [-0.25, -0.2) is 0 Å². The van der Waals surface area contributed by atoms with Gasteiger partial charge in [-0.05, 0) is 20.3 Å². The van der Waals surface area contributed by atoms with Crippen LogP contribution in [0.25, 0.3) is 0 Å². The Hall–Kier alpha value is -1.56. The summed E-state index contributed by atoms with van der Waals surface area (Å²) in [5, 5.41) is 11.4. The molecular formula is C20H39N5O. The van der Waals surface area contributed by atoms with Crippen molar-refractivity contribution >= 4 is 5.96 Å². The third-order valence-corrected chi connectivity index (χ3v) is 4.77. The molecule has 0 spiro atoms. The second-order valence-corrected chi connectivity index (χ2v) is 6.84. The molecule has 1 aromatic rings. The average molecular weight is 366 g/mol. The van der Waals surface area contributed by atoms with E-state index < -0.39 is 0 Å². The summed E-state index contributed by atoms with van der Waals surface area (Å²) in [5.74, 6) is 0.861. The fraction of sp³-hybridized carbons (Fsp3) is 0.800. The highest BCUT2D eigenvalue weighted by molar-refractivity contribution is 5.79. The Labute approximate surface area is 159 Å². The van der Waals surface area contributed by atoms with Crippen molar-refractivity contribution in [1.29, 1.82) is 0 Å². The van der Waals surface area contributed by atoms with Crippen LogP contribution >= 0.6 is 0 Å². The monoisotopic (exact) mass is 365 g/mol. The van der Waals surface area contributed by atoms with Crippen molar-refractivity contribution in [3.05, 3.63) is 17.0 Å². The third-order valence-electron chi connectivity index (χ3n) is 4.77. The minimum absolute atomic E-state index is 0.677. The molecule has 0 saturated heterocycles. The lowest BCUT2D eigenvalue weighted by atomic mass is 10.1. The van der Waals surface area contributed by atoms with Crippen molar-refractivity contribution < 1.29 is 4.74 Å². The number of hydrogen-bond acceptors (Lipinski definition) is 3. The lowest BCUT2D eigenvalue weighted by Gasteiger charge is -2.12. The molecule has 1 aromatic heterocycles. The molecule has 6 nitrogen and oxygen atoms in total. The van der Waals surface area contributed by atoms with E-state index in [1.54, 1.807) is 7.11 Å². The fourth-order valence-corrected chi connectivity index (χ4v) is 3.07. The van der Waals surface area contributed by atoms with Crippen molar-refractivity contribution in [1.82, 2.24) is 20.4 Å². The standard InChI is InChI=1S/C20H39N5O/c1-6-7-8-9-10-11-12-13-22-20(21-4)23-16-19-17(2)24-25(18(19)3)14-15-26-5/h6-16H2,1-5H3,(H2,21,22,23). The zero-order valence-electron chi connectivity index (χ0n) is 17.5. The molecular weight excluding hydrogens is 326 g/mol. The molecule has 0 atom stereocenters. The van der Waals surface area contributed by atoms with Crippen molar-refractivity contribution in [2.45, 2.75) is 78.8 Å². The van der Waals surface area contributed by atoms with Crippen LogP contribution in [0.5, 0.6) is 0 Å². The van der Waals surface area contributed by atoms with Crippen LogP contribution in [-0.2, 0) is 17.8 Å². The van der Waals surface area contributed by atoms with E-state index in [1.807, 2.05) is 11.7 Å². The first-order chi connectivity index (χ1) is 12.6. The number of ether oxygens (including phenoxy) is 1. The number of nitrogens with one attached hydrogen (secondary N) is 2. The maximum atomic E-state index is 5.15. The van der Waals surface area contributed by atoms with E-state index in [0.717, 1.165) is 31.3 Å². The summed E-state index contributed by atoms with van der Waals surface area (Å²) in [7, 11) is 3.54. The molecule has 1 heterocycles. The first kappa shape index (κ1) is 22.5. The molecule has 6 heteroatoms. The van der Waals surface area contributed by atoms with Crippen LogP contribution in [0.1, 0.15) is 68.8 Å². The Bertz CT molecular complexity index is 525. The molecule has 1 rings (SSSR count). The summed E-state index contributed by atoms with van der Waals surface area (Å²) in [4.78, 5) is 4.32. The quantitative estimate of drug-likeness (QED) is 0.319. The Balaban J connectivity index is 2.31. The van der Waals surface area contributed by atoms with Gasteiger partial charge in [-0.15, -0.1) is 0 Å². The van der Waals surface area contributed by atoms with Crippen LogP contribution < -0.4 is 10.6 Å². The van der Waals surface area contributed by atoms with Gasteiger partial charge in [-0.2, -0.15) is 5.10 Å². The normalized spacial score (nSPS) is 11.8. The van der Waals surface area contributed by atoms with E-state index in [0.29, 0.717) is 6.61 Å². The minimum Gasteiger partial charge on any atom is -0.383 e. The number of nitrogens with zero attached hydrogens (tertiary/aromatic N) is 3. The first-order valence-electron chi connectivity index (χ1n) is 10.1. The highest BCUT2D eigenvalue weighted by Crippen LogP contribution is 2.12. The van der Waals surface area contributed by atoms with Gasteiger partial charge in [0.2, 0.25) is 0 Å². The summed E-state index contributed by atoms with van der Waals surface area (Å²) in [6, 6.07) is 0. The summed E-state index contributed by atoms with van der Waals surface area (Å²) >= 11 is 0. The summed E-state index contributed by atoms with van der Waals surface area (Å²) in [6.45, 7) is 9.60. The lowest BCUT2D eigenvalue weighted by Crippen LogP contribution is -2.37. The van der Waals surface area contributed by atoms with Crippen molar-refractivity contribution in [2.24, 2.45) is 4.99 Å². The highest BCUT2D eigenvalue weighted by Gasteiger charge is 2.11. The van der Waals surface area contributed by atoms with Crippen LogP contribution in [0, 0.1) is 13.8 Å². The SMILES string of the molecule is CCCCCCCCCNC(=NC)NCc1c(C)nn(CCOC)c1C. The summed E-state index contributed by atoms with van der Waals surface area (Å²) in [6.07, 6.45) is 9.25. The number of guanidine groups is 1. The largest absolute Gasteiger partial charge is 0.383 e. The molecule has 0 unspecified atom stereocenters. The van der Waals surface area contributed by atoms with Gasteiger partial charge in [-0.1, -0.05) is 45.4 Å². The van der Waals surface area contributed by atoms with Crippen LogP contribution in [0.2, 0.25) is 0 Å². The molecule has 0 amide bonds. The molecule has 150 valence electrons. The van der Waals surface area contributed by atoms with Crippen LogP contribution in [0.15, 0.2) is 4.99 Å². The predicted octanol–water partition coefficient (Wildman–Crippen LogP) is 3.56. The van der Waals surface area contributed by atoms with Crippen molar-refractivity contribution in [3.63, 3.8) is 0 Å². The third kappa shape index (κ3) is 8.21. The number of rotatable bonds is 13. The average Bonchev–Trinajstić information content (AvgIpc) is 2.91. The highest BCUT2D eigenvalue weighted by atomic mass is 16.5. The Morgan fingerprint density at radius 1 is 1.08 bits per heavy atom. The Kier molecular flexibility index (Phi) is 11.8. The lowest BCUT2D eigenvalue weighted by molar-refractivity contribution is 0.182. The Morgan fingerprint density at radius 2 is 1.77 bits per heavy atom. The zero-order chi connectivity index (χ0) is 19.2. The topological polar surface area (TPSA) is 63.5 Å². The summed E-state index contributed by atoms with van der Waals surface area (Å²) in [5.41, 5.74) is 3.49. The minimum atomic E-state index is 0.677. The van der Waals surface area contributed by atoms with Gasteiger partial charge in [0, 0.05) is 38.5 Å². The molecule has 0 aliphatic heterocycles. The van der Waals surface area contributed by atoms with E-state index >= 15 is 0 Å². The molecule has 0 bridgehead atoms. The first-order valence-corrected chi connectivity index (χ1v) is 10.1. The number of aromatic nitrogens is 2. The number of hydrogen-bond donors (Lipinski definition) is 2. The number of unbranched alkanes of at least 4 members (excludes halogenated alkanes) is 6. The van der Waals surface area contributed by atoms with Crippen LogP contribution in [0.4, 0.5) is 0 Å². The molecule has 0 radical (unpaired) electrons. The second kappa shape index (κ2) is 13.6. The Morgan fingerprint density at radius 3 is 2.42 bits per heavy atom. The van der Waals surface area contributed by atoms with E-state index in [1.165, 1.54) is 56.2 Å². The molecule has 2 N–H and O–H groups in total. The van der Waals surface area contributed by atoms with Gasteiger partial charge in [-0.3, -0.25) is 9.67 Å². The smallest absolute Gasteiger partial charge is 0.191 e. The maximum absolute atomic E-state index is 5.15. The van der Waals surface area contributed by atoms with Gasteiger partial charge >= 0.3 is 0 Å². The molecule has 26 heavy (non-hydrogen) atoms. The van der Waals surface area contributed by atoms with Crippen LogP contribution in [0.3, 0.4) is 0 Å². The predicted molar refractivity (Wildman–Crippen MR) is 110 cm³/mol. The molecule has 0 aromatic carbocycles. The molecule has 0 fully saturated rings. The molecule has 0 aliphatic carbocycles. The van der Waals surface area contributed by atoms with Crippen molar-refractivity contribution in [2.75, 3.05) is 27.3 Å². The van der Waals surface area contributed by atoms with Gasteiger partial charge in [0.25, 0.3) is 0 Å². The van der Waals surface area contributed by atoms with E-state index in [2.05, 4.69) is 41.5 Å². The maximum Gasteiger partial charge on any atom is 0.191 e. The van der Waals surface area contributed by atoms with E-state index in [9.17, 15) is 0 Å². The molecule has 0 aliphatic rings. The fourth-order valence-electron chi connectivity index (χ4n) is 3.07. The molecule has 0 saturated carbocycles.